The molecule has 0 heterocycles. The van der Waals surface area contributed by atoms with Gasteiger partial charge in [-0.15, -0.1) is 0 Å². The summed E-state index contributed by atoms with van der Waals surface area (Å²) in [6.07, 6.45) is 8.45. The molecule has 2 N–H and O–H groups in total. The standard InChI is InChI=1S/C22H32O10S2/c23-18(9-33(25,26)27)31-12-21-5-13-3-14(6-21)8-22(7-13,11-21)20-15-1-2-16(20)17(4-15)32-19(24)10-34(28,29)30/h13-17,20H,1-12H2,(H,25,26,27)(H,28,29,30). The molecule has 6 saturated carbocycles. The Morgan fingerprint density at radius 3 is 2.09 bits per heavy atom. The fourth-order valence-corrected chi connectivity index (χ4v) is 9.97. The van der Waals surface area contributed by atoms with E-state index in [0.29, 0.717) is 30.1 Å². The largest absolute Gasteiger partial charge is 0.464 e. The molecule has 0 spiro atoms. The van der Waals surface area contributed by atoms with E-state index >= 15 is 0 Å². The topological polar surface area (TPSA) is 161 Å². The van der Waals surface area contributed by atoms with Crippen molar-refractivity contribution in [2.45, 2.75) is 63.9 Å². The molecule has 0 aliphatic heterocycles. The van der Waals surface area contributed by atoms with Crippen LogP contribution in [-0.4, -0.2) is 62.1 Å². The maximum Gasteiger partial charge on any atom is 0.323 e. The Labute approximate surface area is 199 Å². The van der Waals surface area contributed by atoms with Gasteiger partial charge in [-0.05, 0) is 92.8 Å². The highest BCUT2D eigenvalue weighted by atomic mass is 32.2. The first kappa shape index (κ1) is 24.5. The van der Waals surface area contributed by atoms with E-state index < -0.39 is 43.7 Å². The van der Waals surface area contributed by atoms with Crippen molar-refractivity contribution in [3.63, 3.8) is 0 Å². The molecule has 0 aromatic carbocycles. The van der Waals surface area contributed by atoms with Gasteiger partial charge in [0.15, 0.2) is 11.5 Å². The summed E-state index contributed by atoms with van der Waals surface area (Å²) in [4.78, 5) is 24.1. The molecular weight excluding hydrogens is 488 g/mol. The third kappa shape index (κ3) is 4.75. The first-order valence-electron chi connectivity index (χ1n) is 12.0. The van der Waals surface area contributed by atoms with Gasteiger partial charge >= 0.3 is 11.9 Å². The van der Waals surface area contributed by atoms with Crippen molar-refractivity contribution < 1.29 is 45.0 Å². The molecule has 0 amide bonds. The second kappa shape index (κ2) is 8.14. The van der Waals surface area contributed by atoms with Crippen molar-refractivity contribution in [1.82, 2.24) is 0 Å². The zero-order valence-corrected chi connectivity index (χ0v) is 20.6. The van der Waals surface area contributed by atoms with E-state index in [4.69, 9.17) is 18.6 Å². The summed E-state index contributed by atoms with van der Waals surface area (Å²) in [7, 11) is -8.86. The van der Waals surface area contributed by atoms with Crippen LogP contribution < -0.4 is 0 Å². The normalized spacial score (nSPS) is 42.6. The number of rotatable bonds is 8. The average molecular weight is 521 g/mol. The molecule has 192 valence electrons. The van der Waals surface area contributed by atoms with Crippen molar-refractivity contribution in [2.75, 3.05) is 18.1 Å². The van der Waals surface area contributed by atoms with Crippen LogP contribution in [0.15, 0.2) is 0 Å². The van der Waals surface area contributed by atoms with Gasteiger partial charge in [0.25, 0.3) is 20.2 Å². The van der Waals surface area contributed by atoms with Crippen molar-refractivity contribution in [3.05, 3.63) is 0 Å². The molecule has 12 heteroatoms. The number of fused-ring (bicyclic) bond motifs is 2. The van der Waals surface area contributed by atoms with Gasteiger partial charge in [-0.2, -0.15) is 16.8 Å². The second-order valence-electron chi connectivity index (χ2n) is 11.7. The third-order valence-corrected chi connectivity index (χ3v) is 10.4. The number of carbonyl (C=O) groups excluding carboxylic acids is 2. The van der Waals surface area contributed by atoms with Crippen LogP contribution in [0.4, 0.5) is 0 Å². The van der Waals surface area contributed by atoms with Crippen LogP contribution in [0.25, 0.3) is 0 Å². The first-order valence-corrected chi connectivity index (χ1v) is 15.2. The highest BCUT2D eigenvalue weighted by Gasteiger charge is 2.66. The van der Waals surface area contributed by atoms with E-state index in [1.807, 2.05) is 0 Å². The third-order valence-electron chi connectivity index (χ3n) is 9.21. The maximum atomic E-state index is 12.1. The predicted molar refractivity (Wildman–Crippen MR) is 118 cm³/mol. The maximum absolute atomic E-state index is 12.1. The minimum Gasteiger partial charge on any atom is -0.464 e. The molecule has 6 rings (SSSR count). The van der Waals surface area contributed by atoms with Crippen molar-refractivity contribution >= 4 is 32.2 Å². The lowest BCUT2D eigenvalue weighted by atomic mass is 9.41. The number of ether oxygens (including phenoxy) is 2. The number of hydrogen-bond acceptors (Lipinski definition) is 8. The Bertz CT molecular complexity index is 1070. The van der Waals surface area contributed by atoms with Gasteiger partial charge in [0.1, 0.15) is 6.10 Å². The molecule has 10 nitrogen and oxygen atoms in total. The second-order valence-corrected chi connectivity index (χ2v) is 14.6. The number of carbonyl (C=O) groups is 2. The molecule has 0 radical (unpaired) electrons. The summed E-state index contributed by atoms with van der Waals surface area (Å²) >= 11 is 0. The Kier molecular flexibility index (Phi) is 5.85. The van der Waals surface area contributed by atoms with E-state index in [-0.39, 0.29) is 29.5 Å². The van der Waals surface area contributed by atoms with Crippen molar-refractivity contribution in [2.24, 2.45) is 40.4 Å². The van der Waals surface area contributed by atoms with E-state index in [1.165, 1.54) is 0 Å². The molecule has 0 saturated heterocycles. The Morgan fingerprint density at radius 1 is 0.853 bits per heavy atom. The van der Waals surface area contributed by atoms with Crippen molar-refractivity contribution in [3.8, 4) is 0 Å². The lowest BCUT2D eigenvalue weighted by Crippen LogP contribution is -2.57. The predicted octanol–water partition coefficient (Wildman–Crippen LogP) is 1.85. The molecule has 6 fully saturated rings. The Morgan fingerprint density at radius 2 is 1.47 bits per heavy atom. The summed E-state index contributed by atoms with van der Waals surface area (Å²) < 4.78 is 73.0. The molecule has 34 heavy (non-hydrogen) atoms. The van der Waals surface area contributed by atoms with E-state index in [0.717, 1.165) is 51.4 Å². The molecule has 6 unspecified atom stereocenters. The summed E-state index contributed by atoms with van der Waals surface area (Å²) in [6.45, 7) is 0.158. The van der Waals surface area contributed by atoms with Crippen molar-refractivity contribution in [1.29, 1.82) is 0 Å². The lowest BCUT2D eigenvalue weighted by molar-refractivity contribution is -0.177. The zero-order valence-electron chi connectivity index (χ0n) is 18.9. The zero-order chi connectivity index (χ0) is 24.5. The number of esters is 2. The van der Waals surface area contributed by atoms with Crippen LogP contribution in [0.1, 0.15) is 57.8 Å². The van der Waals surface area contributed by atoms with Crippen LogP contribution in [0.5, 0.6) is 0 Å². The first-order chi connectivity index (χ1) is 15.7. The van der Waals surface area contributed by atoms with E-state index in [1.54, 1.807) is 0 Å². The SMILES string of the molecule is O=C(CS(=O)(=O)O)OCC12CC3CC(C1)CC(C1C4CCC1C(OC(=O)CS(=O)(=O)O)C4)(C3)C2. The summed E-state index contributed by atoms with van der Waals surface area (Å²) in [5.74, 6) is -1.97. The minimum atomic E-state index is -4.43. The van der Waals surface area contributed by atoms with Gasteiger partial charge < -0.3 is 9.47 Å². The van der Waals surface area contributed by atoms with Gasteiger partial charge in [0.2, 0.25) is 0 Å². The molecule has 6 aliphatic carbocycles. The molecule has 6 aliphatic rings. The Balaban J connectivity index is 1.31. The van der Waals surface area contributed by atoms with Gasteiger partial charge in [-0.3, -0.25) is 18.7 Å². The van der Waals surface area contributed by atoms with Gasteiger partial charge in [0, 0.05) is 5.41 Å². The summed E-state index contributed by atoms with van der Waals surface area (Å²) in [5.41, 5.74) is -0.145. The van der Waals surface area contributed by atoms with Gasteiger partial charge in [-0.1, -0.05) is 0 Å². The lowest BCUT2D eigenvalue weighted by Gasteiger charge is -2.64. The average Bonchev–Trinajstić information content (AvgIpc) is 3.21. The van der Waals surface area contributed by atoms with Crippen LogP contribution in [-0.2, 0) is 39.3 Å². The fourth-order valence-electron chi connectivity index (χ4n) is 9.22. The van der Waals surface area contributed by atoms with E-state index in [2.05, 4.69) is 0 Å². The smallest absolute Gasteiger partial charge is 0.323 e. The number of hydrogen-bond donors (Lipinski definition) is 2. The Hall–Kier alpha value is -1.24. The summed E-state index contributed by atoms with van der Waals surface area (Å²) in [5, 5.41) is 0. The highest BCUT2D eigenvalue weighted by molar-refractivity contribution is 7.86. The monoisotopic (exact) mass is 520 g/mol. The molecular formula is C22H32O10S2. The quantitative estimate of drug-likeness (QED) is 0.357. The van der Waals surface area contributed by atoms with Crippen LogP contribution in [0.3, 0.4) is 0 Å². The summed E-state index contributed by atoms with van der Waals surface area (Å²) in [6, 6.07) is 0. The van der Waals surface area contributed by atoms with Crippen LogP contribution in [0.2, 0.25) is 0 Å². The van der Waals surface area contributed by atoms with Crippen LogP contribution >= 0.6 is 0 Å². The molecule has 0 aromatic rings. The molecule has 6 atom stereocenters. The molecule has 0 aromatic heterocycles. The van der Waals surface area contributed by atoms with Crippen LogP contribution in [0, 0.1) is 40.4 Å². The molecule has 6 bridgehead atoms. The van der Waals surface area contributed by atoms with Gasteiger partial charge in [-0.25, -0.2) is 0 Å². The highest BCUT2D eigenvalue weighted by Crippen LogP contribution is 2.72. The minimum absolute atomic E-state index is 0.0512. The fraction of sp³-hybridized carbons (Fsp3) is 0.909. The van der Waals surface area contributed by atoms with Gasteiger partial charge in [0.05, 0.1) is 6.61 Å². The van der Waals surface area contributed by atoms with E-state index in [9.17, 15) is 26.4 Å².